The van der Waals surface area contributed by atoms with Crippen molar-refractivity contribution in [2.45, 2.75) is 17.0 Å². The lowest BCUT2D eigenvalue weighted by molar-refractivity contribution is 0.931. The Morgan fingerprint density at radius 2 is 2.12 bits per heavy atom. The van der Waals surface area contributed by atoms with Crippen LogP contribution in [0.15, 0.2) is 40.6 Å². The summed E-state index contributed by atoms with van der Waals surface area (Å²) in [5.41, 5.74) is 1.30. The normalized spacial score (nSPS) is 9.75. The van der Waals surface area contributed by atoms with Crippen LogP contribution in [0.4, 0.5) is 0 Å². The summed E-state index contributed by atoms with van der Waals surface area (Å²) in [5.74, 6) is 0. The van der Waals surface area contributed by atoms with Gasteiger partial charge in [0, 0.05) is 18.1 Å². The fourth-order valence-electron chi connectivity index (χ4n) is 1.13. The maximum absolute atomic E-state index is 8.88. The number of nitrogens with zero attached hydrogens (tertiary/aromatic N) is 4. The molecule has 0 amide bonds. The number of hydrogen-bond donors (Lipinski definition) is 0. The maximum Gasteiger partial charge on any atom is 0.192 e. The molecule has 0 unspecified atom stereocenters. The SMILES string of the molecule is Cc1ccnc(Sc2cccnc2C#N)n1. The Morgan fingerprint density at radius 3 is 2.88 bits per heavy atom. The van der Waals surface area contributed by atoms with Gasteiger partial charge in [-0.25, -0.2) is 15.0 Å². The average Bonchev–Trinajstić information content (AvgIpc) is 2.30. The van der Waals surface area contributed by atoms with E-state index in [9.17, 15) is 0 Å². The van der Waals surface area contributed by atoms with Gasteiger partial charge in [-0.1, -0.05) is 0 Å². The van der Waals surface area contributed by atoms with Gasteiger partial charge in [0.25, 0.3) is 0 Å². The van der Waals surface area contributed by atoms with E-state index >= 15 is 0 Å². The molecule has 16 heavy (non-hydrogen) atoms. The van der Waals surface area contributed by atoms with E-state index in [2.05, 4.69) is 15.0 Å². The molecule has 5 heteroatoms. The molecule has 0 N–H and O–H groups in total. The molecular formula is C11H8N4S. The highest BCUT2D eigenvalue weighted by Gasteiger charge is 2.06. The standard InChI is InChI=1S/C11H8N4S/c1-8-4-6-14-11(15-8)16-10-3-2-5-13-9(10)7-12/h2-6H,1H3. The Balaban J connectivity index is 2.31. The van der Waals surface area contributed by atoms with Gasteiger partial charge in [-0.3, -0.25) is 0 Å². The van der Waals surface area contributed by atoms with Crippen LogP contribution in [0.2, 0.25) is 0 Å². The Labute approximate surface area is 97.4 Å². The molecule has 0 atom stereocenters. The highest BCUT2D eigenvalue weighted by atomic mass is 32.2. The first kappa shape index (κ1) is 10.6. The van der Waals surface area contributed by atoms with Crippen molar-refractivity contribution in [2.24, 2.45) is 0 Å². The van der Waals surface area contributed by atoms with E-state index in [1.165, 1.54) is 11.8 Å². The minimum Gasteiger partial charge on any atom is -0.244 e. The summed E-state index contributed by atoms with van der Waals surface area (Å²) in [6.07, 6.45) is 3.30. The van der Waals surface area contributed by atoms with E-state index in [0.29, 0.717) is 10.9 Å². The molecule has 0 saturated carbocycles. The molecule has 4 nitrogen and oxygen atoms in total. The Hall–Kier alpha value is -1.93. The van der Waals surface area contributed by atoms with E-state index in [1.807, 2.05) is 25.1 Å². The van der Waals surface area contributed by atoms with Crippen molar-refractivity contribution < 1.29 is 0 Å². The second-order valence-electron chi connectivity index (χ2n) is 3.04. The third-order valence-corrected chi connectivity index (χ3v) is 2.78. The summed E-state index contributed by atoms with van der Waals surface area (Å²) in [4.78, 5) is 13.1. The molecule has 2 aromatic heterocycles. The van der Waals surface area contributed by atoms with E-state index in [0.717, 1.165) is 10.6 Å². The van der Waals surface area contributed by atoms with Crippen LogP contribution in [0, 0.1) is 18.3 Å². The molecule has 0 aliphatic heterocycles. The first-order chi connectivity index (χ1) is 7.79. The maximum atomic E-state index is 8.88. The molecule has 2 heterocycles. The van der Waals surface area contributed by atoms with Crippen molar-refractivity contribution >= 4 is 11.8 Å². The highest BCUT2D eigenvalue weighted by Crippen LogP contribution is 2.25. The molecule has 0 bridgehead atoms. The van der Waals surface area contributed by atoms with Gasteiger partial charge in [-0.05, 0) is 36.9 Å². The number of aromatic nitrogens is 3. The lowest BCUT2D eigenvalue weighted by Crippen LogP contribution is -1.90. The summed E-state index contributed by atoms with van der Waals surface area (Å²) >= 11 is 1.35. The van der Waals surface area contributed by atoms with Crippen LogP contribution in [-0.4, -0.2) is 15.0 Å². The molecule has 0 aliphatic carbocycles. The minimum atomic E-state index is 0.401. The molecular weight excluding hydrogens is 220 g/mol. The third-order valence-electron chi connectivity index (χ3n) is 1.85. The largest absolute Gasteiger partial charge is 0.244 e. The highest BCUT2D eigenvalue weighted by molar-refractivity contribution is 7.99. The van der Waals surface area contributed by atoms with Gasteiger partial charge >= 0.3 is 0 Å². The van der Waals surface area contributed by atoms with Crippen LogP contribution < -0.4 is 0 Å². The Morgan fingerprint density at radius 1 is 1.25 bits per heavy atom. The zero-order valence-electron chi connectivity index (χ0n) is 8.58. The second kappa shape index (κ2) is 4.73. The molecule has 78 valence electrons. The molecule has 0 aliphatic rings. The number of nitriles is 1. The summed E-state index contributed by atoms with van der Waals surface area (Å²) in [7, 11) is 0. The smallest absolute Gasteiger partial charge is 0.192 e. The number of aryl methyl sites for hydroxylation is 1. The predicted octanol–water partition coefficient (Wildman–Crippen LogP) is 2.20. The monoisotopic (exact) mass is 228 g/mol. The van der Waals surface area contributed by atoms with Crippen LogP contribution in [0.1, 0.15) is 11.4 Å². The van der Waals surface area contributed by atoms with E-state index < -0.39 is 0 Å². The van der Waals surface area contributed by atoms with Crippen molar-refractivity contribution in [1.82, 2.24) is 15.0 Å². The number of pyridine rings is 1. The zero-order valence-corrected chi connectivity index (χ0v) is 9.40. The van der Waals surface area contributed by atoms with E-state index in [4.69, 9.17) is 5.26 Å². The van der Waals surface area contributed by atoms with Gasteiger partial charge in [0.1, 0.15) is 6.07 Å². The fraction of sp³-hybridized carbons (Fsp3) is 0.0909. The van der Waals surface area contributed by atoms with Gasteiger partial charge in [0.15, 0.2) is 10.9 Å². The van der Waals surface area contributed by atoms with Crippen LogP contribution in [0.5, 0.6) is 0 Å². The first-order valence-electron chi connectivity index (χ1n) is 4.62. The second-order valence-corrected chi connectivity index (χ2v) is 4.05. The topological polar surface area (TPSA) is 62.5 Å². The van der Waals surface area contributed by atoms with Crippen LogP contribution >= 0.6 is 11.8 Å². The van der Waals surface area contributed by atoms with Gasteiger partial charge < -0.3 is 0 Å². The molecule has 0 saturated heterocycles. The molecule has 0 fully saturated rings. The summed E-state index contributed by atoms with van der Waals surface area (Å²) in [6.45, 7) is 1.90. The minimum absolute atomic E-state index is 0.401. The quantitative estimate of drug-likeness (QED) is 0.737. The van der Waals surface area contributed by atoms with Crippen LogP contribution in [-0.2, 0) is 0 Å². The molecule has 0 radical (unpaired) electrons. The van der Waals surface area contributed by atoms with Gasteiger partial charge in [0.2, 0.25) is 0 Å². The van der Waals surface area contributed by atoms with Crippen LogP contribution in [0.25, 0.3) is 0 Å². The third kappa shape index (κ3) is 2.35. The van der Waals surface area contributed by atoms with E-state index in [-0.39, 0.29) is 0 Å². The fourth-order valence-corrected chi connectivity index (χ4v) is 1.97. The Bertz CT molecular complexity index is 548. The lowest BCUT2D eigenvalue weighted by Gasteiger charge is -2.01. The summed E-state index contributed by atoms with van der Waals surface area (Å²) in [5, 5.41) is 9.51. The van der Waals surface area contributed by atoms with E-state index in [1.54, 1.807) is 18.5 Å². The summed E-state index contributed by atoms with van der Waals surface area (Å²) < 4.78 is 0. The van der Waals surface area contributed by atoms with Crippen molar-refractivity contribution in [1.29, 1.82) is 5.26 Å². The zero-order chi connectivity index (χ0) is 11.4. The van der Waals surface area contributed by atoms with Crippen molar-refractivity contribution in [3.63, 3.8) is 0 Å². The first-order valence-corrected chi connectivity index (χ1v) is 5.44. The molecule has 0 spiro atoms. The molecule has 2 rings (SSSR count). The van der Waals surface area contributed by atoms with Gasteiger partial charge in [0.05, 0.1) is 4.90 Å². The number of rotatable bonds is 2. The van der Waals surface area contributed by atoms with Crippen molar-refractivity contribution in [3.05, 3.63) is 42.0 Å². The van der Waals surface area contributed by atoms with Crippen molar-refractivity contribution in [2.75, 3.05) is 0 Å². The predicted molar refractivity (Wildman–Crippen MR) is 59.8 cm³/mol. The Kier molecular flexibility index (Phi) is 3.13. The molecule has 0 aromatic carbocycles. The van der Waals surface area contributed by atoms with Gasteiger partial charge in [-0.15, -0.1) is 0 Å². The summed E-state index contributed by atoms with van der Waals surface area (Å²) in [6, 6.07) is 7.50. The average molecular weight is 228 g/mol. The molecule has 2 aromatic rings. The van der Waals surface area contributed by atoms with Gasteiger partial charge in [-0.2, -0.15) is 5.26 Å². The van der Waals surface area contributed by atoms with Crippen LogP contribution in [0.3, 0.4) is 0 Å². The number of hydrogen-bond acceptors (Lipinski definition) is 5. The van der Waals surface area contributed by atoms with Crippen molar-refractivity contribution in [3.8, 4) is 6.07 Å². The lowest BCUT2D eigenvalue weighted by atomic mass is 10.4.